The van der Waals surface area contributed by atoms with E-state index in [-0.39, 0.29) is 17.2 Å². The van der Waals surface area contributed by atoms with Crippen LogP contribution in [-0.4, -0.2) is 32.9 Å². The molecule has 0 bridgehead atoms. The van der Waals surface area contributed by atoms with Crippen molar-refractivity contribution in [1.29, 1.82) is 0 Å². The molecule has 0 N–H and O–H groups in total. The van der Waals surface area contributed by atoms with E-state index in [1.165, 1.54) is 10.4 Å². The summed E-state index contributed by atoms with van der Waals surface area (Å²) >= 11 is 0. The monoisotopic (exact) mass is 436 g/mol. The Labute approximate surface area is 189 Å². The van der Waals surface area contributed by atoms with Crippen LogP contribution >= 0.6 is 0 Å². The number of benzene rings is 2. The average Bonchev–Trinajstić information content (AvgIpc) is 3.03. The van der Waals surface area contributed by atoms with Gasteiger partial charge >= 0.3 is 0 Å². The van der Waals surface area contributed by atoms with E-state index in [0.717, 1.165) is 12.8 Å². The van der Waals surface area contributed by atoms with Gasteiger partial charge in [-0.2, -0.15) is 0 Å². The highest BCUT2D eigenvalue weighted by Crippen LogP contribution is 2.38. The van der Waals surface area contributed by atoms with Gasteiger partial charge in [-0.15, -0.1) is 5.92 Å². The highest BCUT2D eigenvalue weighted by Gasteiger charge is 2.51. The SMILES string of the molecule is CCCC#C[C@@H]1OC(C)(C)O[C@@H]1CO[Si](c1ccccc1)(c1ccccc1)C(C)(C)C. The first kappa shape index (κ1) is 23.8. The van der Waals surface area contributed by atoms with Crippen LogP contribution in [0.2, 0.25) is 5.04 Å². The molecule has 1 heterocycles. The molecule has 166 valence electrons. The van der Waals surface area contributed by atoms with Gasteiger partial charge in [0.05, 0.1) is 6.61 Å². The Balaban J connectivity index is 1.99. The summed E-state index contributed by atoms with van der Waals surface area (Å²) in [6.07, 6.45) is 1.40. The third kappa shape index (κ3) is 5.30. The molecule has 1 aliphatic rings. The predicted molar refractivity (Wildman–Crippen MR) is 130 cm³/mol. The van der Waals surface area contributed by atoms with Gasteiger partial charge in [-0.05, 0) is 35.7 Å². The minimum atomic E-state index is -2.61. The molecule has 2 aromatic rings. The fourth-order valence-electron chi connectivity index (χ4n) is 4.35. The van der Waals surface area contributed by atoms with Crippen LogP contribution < -0.4 is 10.4 Å². The molecule has 0 aromatic heterocycles. The minimum absolute atomic E-state index is 0.0753. The lowest BCUT2D eigenvalue weighted by Crippen LogP contribution is -2.67. The van der Waals surface area contributed by atoms with Gasteiger partial charge < -0.3 is 13.9 Å². The van der Waals surface area contributed by atoms with E-state index >= 15 is 0 Å². The van der Waals surface area contributed by atoms with Gasteiger partial charge in [-0.1, -0.05) is 94.3 Å². The van der Waals surface area contributed by atoms with Crippen molar-refractivity contribution in [2.75, 3.05) is 6.61 Å². The fourth-order valence-corrected chi connectivity index (χ4v) is 8.92. The summed E-state index contributed by atoms with van der Waals surface area (Å²) in [4.78, 5) is 0. The molecular weight excluding hydrogens is 400 g/mol. The summed E-state index contributed by atoms with van der Waals surface area (Å²) < 4.78 is 19.4. The van der Waals surface area contributed by atoms with Crippen molar-refractivity contribution in [2.45, 2.75) is 77.4 Å². The first-order valence-corrected chi connectivity index (χ1v) is 13.2. The lowest BCUT2D eigenvalue weighted by Gasteiger charge is -2.43. The Kier molecular flexibility index (Phi) is 7.44. The molecular formula is C27H36O3Si. The second-order valence-corrected chi connectivity index (χ2v) is 13.9. The van der Waals surface area contributed by atoms with Crippen molar-refractivity contribution in [3.8, 4) is 11.8 Å². The summed E-state index contributed by atoms with van der Waals surface area (Å²) in [6, 6.07) is 21.4. The Morgan fingerprint density at radius 3 is 1.97 bits per heavy atom. The second kappa shape index (κ2) is 9.71. The quantitative estimate of drug-likeness (QED) is 0.477. The third-order valence-electron chi connectivity index (χ3n) is 5.68. The summed E-state index contributed by atoms with van der Waals surface area (Å²) in [5.41, 5.74) is 0. The molecule has 0 amide bonds. The Morgan fingerprint density at radius 2 is 1.48 bits per heavy atom. The maximum absolute atomic E-state index is 7.05. The molecule has 0 saturated carbocycles. The summed E-state index contributed by atoms with van der Waals surface area (Å²) in [5, 5.41) is 2.45. The van der Waals surface area contributed by atoms with E-state index in [0.29, 0.717) is 6.61 Å². The number of rotatable bonds is 6. The molecule has 2 aromatic carbocycles. The molecule has 1 aliphatic heterocycles. The van der Waals surface area contributed by atoms with Gasteiger partial charge in [0.25, 0.3) is 8.32 Å². The van der Waals surface area contributed by atoms with Gasteiger partial charge in [-0.25, -0.2) is 0 Å². The van der Waals surface area contributed by atoms with Crippen molar-refractivity contribution in [1.82, 2.24) is 0 Å². The van der Waals surface area contributed by atoms with Gasteiger partial charge in [0.1, 0.15) is 12.2 Å². The number of hydrogen-bond acceptors (Lipinski definition) is 3. The molecule has 0 radical (unpaired) electrons. The highest BCUT2D eigenvalue weighted by atomic mass is 28.4. The van der Waals surface area contributed by atoms with E-state index in [2.05, 4.69) is 100 Å². The van der Waals surface area contributed by atoms with Crippen LogP contribution in [0.3, 0.4) is 0 Å². The third-order valence-corrected chi connectivity index (χ3v) is 10.7. The summed E-state index contributed by atoms with van der Waals surface area (Å²) in [6.45, 7) is 13.3. The first-order valence-electron chi connectivity index (χ1n) is 11.3. The van der Waals surface area contributed by atoms with Gasteiger partial charge in [0, 0.05) is 6.42 Å². The standard InChI is InChI=1S/C27H36O3Si/c1-7-8-11-20-24-25(30-27(5,6)29-24)21-28-31(26(2,3)4,22-16-12-9-13-17-22)23-18-14-10-15-19-23/h9-10,12-19,24-25H,7-8,21H2,1-6H3/t24-,25+/m0/s1. The van der Waals surface area contributed by atoms with Crippen molar-refractivity contribution in [2.24, 2.45) is 0 Å². The lowest BCUT2D eigenvalue weighted by molar-refractivity contribution is -0.145. The van der Waals surface area contributed by atoms with Gasteiger partial charge in [-0.3, -0.25) is 0 Å². The van der Waals surface area contributed by atoms with Crippen LogP contribution in [0.25, 0.3) is 0 Å². The molecule has 31 heavy (non-hydrogen) atoms. The fraction of sp³-hybridized carbons (Fsp3) is 0.481. The smallest absolute Gasteiger partial charge is 0.261 e. The van der Waals surface area contributed by atoms with Crippen molar-refractivity contribution >= 4 is 18.7 Å². The Bertz CT molecular complexity index is 851. The maximum atomic E-state index is 7.05. The zero-order chi connectivity index (χ0) is 22.5. The predicted octanol–water partition coefficient (Wildman–Crippen LogP) is 4.89. The van der Waals surface area contributed by atoms with E-state index < -0.39 is 14.1 Å². The molecule has 1 saturated heterocycles. The van der Waals surface area contributed by atoms with E-state index in [1.54, 1.807) is 0 Å². The first-order chi connectivity index (χ1) is 14.7. The van der Waals surface area contributed by atoms with Crippen molar-refractivity contribution in [3.63, 3.8) is 0 Å². The van der Waals surface area contributed by atoms with E-state index in [4.69, 9.17) is 13.9 Å². The van der Waals surface area contributed by atoms with Gasteiger partial charge in [0.2, 0.25) is 0 Å². The van der Waals surface area contributed by atoms with Crippen LogP contribution in [0.15, 0.2) is 60.7 Å². The molecule has 4 heteroatoms. The Morgan fingerprint density at radius 1 is 0.935 bits per heavy atom. The van der Waals surface area contributed by atoms with Crippen LogP contribution in [0.4, 0.5) is 0 Å². The topological polar surface area (TPSA) is 27.7 Å². The van der Waals surface area contributed by atoms with Crippen LogP contribution in [0.1, 0.15) is 54.4 Å². The molecule has 0 aliphatic carbocycles. The zero-order valence-electron chi connectivity index (χ0n) is 19.8. The normalized spacial score (nSPS) is 20.8. The second-order valence-electron chi connectivity index (χ2n) is 9.64. The summed E-state index contributed by atoms with van der Waals surface area (Å²) in [5.74, 6) is 5.86. The maximum Gasteiger partial charge on any atom is 0.261 e. The van der Waals surface area contributed by atoms with Crippen LogP contribution in [0.5, 0.6) is 0 Å². The van der Waals surface area contributed by atoms with Crippen molar-refractivity contribution in [3.05, 3.63) is 60.7 Å². The molecule has 2 atom stereocenters. The molecule has 1 fully saturated rings. The van der Waals surface area contributed by atoms with Gasteiger partial charge in [0.15, 0.2) is 5.79 Å². The summed E-state index contributed by atoms with van der Waals surface area (Å²) in [7, 11) is -2.61. The molecule has 3 nitrogen and oxygen atoms in total. The molecule has 0 unspecified atom stereocenters. The number of unbranched alkanes of at least 4 members (excludes halogenated alkanes) is 1. The molecule has 3 rings (SSSR count). The van der Waals surface area contributed by atoms with Crippen LogP contribution in [-0.2, 0) is 13.9 Å². The van der Waals surface area contributed by atoms with Crippen molar-refractivity contribution < 1.29 is 13.9 Å². The van der Waals surface area contributed by atoms with E-state index in [1.807, 2.05) is 13.8 Å². The highest BCUT2D eigenvalue weighted by molar-refractivity contribution is 6.99. The lowest BCUT2D eigenvalue weighted by atomic mass is 10.2. The zero-order valence-corrected chi connectivity index (χ0v) is 20.8. The average molecular weight is 437 g/mol. The number of hydrogen-bond donors (Lipinski definition) is 0. The number of ether oxygens (including phenoxy) is 2. The Hall–Kier alpha value is -1.90. The largest absolute Gasteiger partial charge is 0.405 e. The van der Waals surface area contributed by atoms with E-state index in [9.17, 15) is 0 Å². The molecule has 0 spiro atoms. The minimum Gasteiger partial charge on any atom is -0.405 e. The van der Waals surface area contributed by atoms with Crippen LogP contribution in [0, 0.1) is 11.8 Å².